The van der Waals surface area contributed by atoms with Gasteiger partial charge < -0.3 is 8.61 Å². The van der Waals surface area contributed by atoms with Crippen molar-refractivity contribution in [1.82, 2.24) is 0 Å². The van der Waals surface area contributed by atoms with Gasteiger partial charge in [-0.2, -0.15) is 12.2 Å². The van der Waals surface area contributed by atoms with E-state index in [9.17, 15) is 34.4 Å². The van der Waals surface area contributed by atoms with E-state index in [0.717, 1.165) is 69.7 Å². The second-order valence-corrected chi connectivity index (χ2v) is 16.2. The molecule has 300 valence electrons. The van der Waals surface area contributed by atoms with E-state index in [2.05, 4.69) is 24.3 Å². The average molecular weight is 855 g/mol. The number of halogens is 4. The van der Waals surface area contributed by atoms with Crippen LogP contribution >= 0.6 is 0 Å². The van der Waals surface area contributed by atoms with Gasteiger partial charge in [0.1, 0.15) is 0 Å². The first-order valence-electron chi connectivity index (χ1n) is 18.1. The van der Waals surface area contributed by atoms with Gasteiger partial charge >= 0.3 is 21.7 Å². The molecule has 0 bridgehead atoms. The van der Waals surface area contributed by atoms with E-state index in [1.54, 1.807) is 24.3 Å². The van der Waals surface area contributed by atoms with E-state index in [-0.39, 0.29) is 56.0 Å². The fourth-order valence-corrected chi connectivity index (χ4v) is 7.96. The zero-order valence-electron chi connectivity index (χ0n) is 32.4. The standard InChI is InChI=1S/2C17H18F2NO2S.2C5H5.Ti/c2*1-3-4-11-20(17-10-7-14(18)12-16(17)19)23(21,22)15-8-5-13(2)6-9-15;2*1-2-4-5-3-1;/h2*5-10H,3-4,11H2,1-2H3;2*1-3H,4H2;/q4*-1;+4. The summed E-state index contributed by atoms with van der Waals surface area (Å²) in [7, 11) is -7.86. The Balaban J connectivity index is 0.000000310. The van der Waals surface area contributed by atoms with Gasteiger partial charge in [0, 0.05) is 36.4 Å². The van der Waals surface area contributed by atoms with Gasteiger partial charge in [-0.3, -0.25) is 12.2 Å². The molecule has 4 aromatic rings. The van der Waals surface area contributed by atoms with E-state index in [1.165, 1.54) is 24.3 Å². The zero-order chi connectivity index (χ0) is 41.1. The van der Waals surface area contributed by atoms with Crippen LogP contribution in [0.3, 0.4) is 0 Å². The molecule has 0 radical (unpaired) electrons. The van der Waals surface area contributed by atoms with Gasteiger partial charge in [0.25, 0.3) is 20.0 Å². The molecule has 0 saturated carbocycles. The van der Waals surface area contributed by atoms with Crippen LogP contribution in [0.1, 0.15) is 63.5 Å². The van der Waals surface area contributed by atoms with Crippen LogP contribution in [0.4, 0.5) is 28.9 Å². The Labute approximate surface area is 351 Å². The van der Waals surface area contributed by atoms with Crippen molar-refractivity contribution in [1.29, 1.82) is 0 Å². The Hall–Kier alpha value is -4.23. The van der Waals surface area contributed by atoms with Crippen LogP contribution in [-0.4, -0.2) is 29.9 Å². The Morgan fingerprint density at radius 2 is 0.912 bits per heavy atom. The second kappa shape index (κ2) is 24.5. The maximum absolute atomic E-state index is 14.0. The minimum absolute atomic E-state index is 0. The van der Waals surface area contributed by atoms with Crippen molar-refractivity contribution in [3.8, 4) is 0 Å². The molecule has 0 heterocycles. The van der Waals surface area contributed by atoms with Crippen LogP contribution in [0.2, 0.25) is 0 Å². The maximum atomic E-state index is 14.0. The number of rotatable bonds is 12. The molecule has 2 aliphatic carbocycles. The number of unbranched alkanes of at least 4 members (excludes halogenated alkanes) is 2. The zero-order valence-corrected chi connectivity index (χ0v) is 35.6. The van der Waals surface area contributed by atoms with Crippen molar-refractivity contribution in [3.05, 3.63) is 168 Å². The Morgan fingerprint density at radius 3 is 1.16 bits per heavy atom. The van der Waals surface area contributed by atoms with E-state index < -0.39 is 43.3 Å². The van der Waals surface area contributed by atoms with E-state index in [1.807, 2.05) is 64.1 Å². The summed E-state index contributed by atoms with van der Waals surface area (Å²) in [5.74, 6) is -3.77. The minimum Gasteiger partial charge on any atom is -0.317 e. The summed E-state index contributed by atoms with van der Waals surface area (Å²) in [5, 5.41) is 0. The largest absolute Gasteiger partial charge is 4.00 e. The van der Waals surface area contributed by atoms with Gasteiger partial charge in [-0.05, 0) is 62.3 Å². The van der Waals surface area contributed by atoms with Crippen molar-refractivity contribution in [2.75, 3.05) is 21.7 Å². The molecule has 0 amide bonds. The molecule has 13 heteroatoms. The first-order chi connectivity index (χ1) is 26.7. The molecule has 0 aliphatic heterocycles. The second-order valence-electron chi connectivity index (χ2n) is 12.5. The SMILES string of the molecule is CCCCN(c1ccc(F)[c-]c1F)S(=O)(=O)c1ccc(C)cc1.CCCCN(c1ccc(F)[c-]c1F)S(=O)(=O)c1ccc(C)cc1.[C-]1=CC=CC1.[C-]1=CC=CC1.[Ti+4]. The summed E-state index contributed by atoms with van der Waals surface area (Å²) in [5.41, 5.74) is 1.46. The van der Waals surface area contributed by atoms with Crippen molar-refractivity contribution in [2.45, 2.75) is 76.0 Å². The summed E-state index contributed by atoms with van der Waals surface area (Å²) < 4.78 is 108. The van der Waals surface area contributed by atoms with Gasteiger partial charge in [0.05, 0.1) is 9.79 Å². The van der Waals surface area contributed by atoms with Crippen molar-refractivity contribution < 1.29 is 56.1 Å². The smallest absolute Gasteiger partial charge is 0.317 e. The minimum atomic E-state index is -3.93. The van der Waals surface area contributed by atoms with E-state index in [4.69, 9.17) is 0 Å². The maximum Gasteiger partial charge on any atom is 4.00 e. The normalized spacial score (nSPS) is 12.4. The molecule has 2 aliphatic rings. The summed E-state index contributed by atoms with van der Waals surface area (Å²) in [4.78, 5) is 0.144. The molecule has 4 aromatic carbocycles. The molecule has 57 heavy (non-hydrogen) atoms. The molecule has 0 N–H and O–H groups in total. The van der Waals surface area contributed by atoms with Crippen molar-refractivity contribution >= 4 is 31.4 Å². The van der Waals surface area contributed by atoms with Gasteiger partial charge in [0.2, 0.25) is 0 Å². The molecule has 0 atom stereocenters. The first-order valence-corrected chi connectivity index (χ1v) is 21.0. The summed E-state index contributed by atoms with van der Waals surface area (Å²) in [6.45, 7) is 7.74. The monoisotopic (exact) mass is 854 g/mol. The van der Waals surface area contributed by atoms with Gasteiger partial charge in [-0.25, -0.2) is 58.7 Å². The fraction of sp³-hybridized carbons (Fsp3) is 0.273. The Morgan fingerprint density at radius 1 is 0.561 bits per heavy atom. The van der Waals surface area contributed by atoms with Crippen LogP contribution in [0.25, 0.3) is 0 Å². The number of aryl methyl sites for hydroxylation is 2. The van der Waals surface area contributed by atoms with E-state index >= 15 is 0 Å². The predicted octanol–water partition coefficient (Wildman–Crippen LogP) is 10.7. The summed E-state index contributed by atoms with van der Waals surface area (Å²) in [6.07, 6.45) is 22.6. The molecule has 0 fully saturated rings. The average Bonchev–Trinajstić information content (AvgIpc) is 3.95. The molecule has 0 aromatic heterocycles. The van der Waals surface area contributed by atoms with Gasteiger partial charge in [0.15, 0.2) is 0 Å². The quantitative estimate of drug-likeness (QED) is 0.0808. The van der Waals surface area contributed by atoms with Crippen LogP contribution < -0.4 is 8.61 Å². The molecular formula is C44H46F4N2O4S2Ti. The fourth-order valence-electron chi connectivity index (χ4n) is 4.96. The van der Waals surface area contributed by atoms with Crippen molar-refractivity contribution in [3.63, 3.8) is 0 Å². The molecule has 6 rings (SSSR count). The number of hydrogen-bond acceptors (Lipinski definition) is 4. The molecule has 0 saturated heterocycles. The van der Waals surface area contributed by atoms with Crippen molar-refractivity contribution in [2.24, 2.45) is 0 Å². The topological polar surface area (TPSA) is 74.8 Å². The molecular weight excluding hydrogens is 808 g/mol. The number of sulfonamides is 2. The van der Waals surface area contributed by atoms with Crippen LogP contribution in [0, 0.1) is 61.4 Å². The Kier molecular flexibility index (Phi) is 21.0. The van der Waals surface area contributed by atoms with Crippen LogP contribution in [-0.2, 0) is 41.8 Å². The number of allylic oxidation sites excluding steroid dienone is 8. The summed E-state index contributed by atoms with van der Waals surface area (Å²) >= 11 is 0. The van der Waals surface area contributed by atoms with Gasteiger partial charge in [-0.1, -0.05) is 62.1 Å². The first kappa shape index (κ1) is 48.9. The number of hydrogen-bond donors (Lipinski definition) is 0. The van der Waals surface area contributed by atoms with Crippen LogP contribution in [0.5, 0.6) is 0 Å². The van der Waals surface area contributed by atoms with Crippen LogP contribution in [0.15, 0.2) is 119 Å². The van der Waals surface area contributed by atoms with E-state index in [0.29, 0.717) is 12.8 Å². The summed E-state index contributed by atoms with van der Waals surface area (Å²) in [6, 6.07) is 20.7. The third-order valence-electron chi connectivity index (χ3n) is 8.04. The molecule has 0 spiro atoms. The third kappa shape index (κ3) is 15.2. The molecule has 6 nitrogen and oxygen atoms in total. The third-order valence-corrected chi connectivity index (χ3v) is 11.7. The van der Waals surface area contributed by atoms with Gasteiger partial charge in [-0.15, -0.1) is 49.2 Å². The molecule has 0 unspecified atom stereocenters. The number of anilines is 2. The predicted molar refractivity (Wildman–Crippen MR) is 215 cm³/mol. The Bertz CT molecular complexity index is 2020. The number of benzene rings is 4. The number of nitrogens with zero attached hydrogens (tertiary/aromatic N) is 2.